The molecule has 1 aromatic carbocycles. The molecule has 0 bridgehead atoms. The van der Waals surface area contributed by atoms with Crippen molar-refractivity contribution in [2.75, 3.05) is 13.1 Å². The molecule has 0 aliphatic carbocycles. The molecule has 0 amide bonds. The molecule has 1 aliphatic heterocycles. The summed E-state index contributed by atoms with van der Waals surface area (Å²) in [5, 5.41) is 3.29. The molecule has 0 aromatic heterocycles. The van der Waals surface area contributed by atoms with Crippen molar-refractivity contribution in [3.63, 3.8) is 0 Å². The van der Waals surface area contributed by atoms with Gasteiger partial charge in [0.15, 0.2) is 0 Å². The standard InChI is InChI=1S/C13H20N2O2S/c1-10-4-6-13(7-5-10)18(16,17)15-9-8-14-11(2)12(15)3/h4-7,11-12,14H,8-9H2,1-3H3. The van der Waals surface area contributed by atoms with E-state index in [-0.39, 0.29) is 12.1 Å². The summed E-state index contributed by atoms with van der Waals surface area (Å²) in [6.45, 7) is 7.15. The maximum atomic E-state index is 12.6. The summed E-state index contributed by atoms with van der Waals surface area (Å²) >= 11 is 0. The third-order valence-electron chi connectivity index (χ3n) is 3.60. The summed E-state index contributed by atoms with van der Waals surface area (Å²) in [4.78, 5) is 0.383. The average molecular weight is 268 g/mol. The van der Waals surface area contributed by atoms with Gasteiger partial charge in [0, 0.05) is 25.2 Å². The second-order valence-electron chi connectivity index (χ2n) is 4.91. The highest BCUT2D eigenvalue weighted by Gasteiger charge is 2.34. The van der Waals surface area contributed by atoms with Crippen LogP contribution in [0.2, 0.25) is 0 Å². The van der Waals surface area contributed by atoms with Gasteiger partial charge in [-0.25, -0.2) is 8.42 Å². The molecule has 1 aromatic rings. The van der Waals surface area contributed by atoms with Crippen LogP contribution in [0.25, 0.3) is 0 Å². The van der Waals surface area contributed by atoms with Crippen LogP contribution in [0.3, 0.4) is 0 Å². The van der Waals surface area contributed by atoms with E-state index in [4.69, 9.17) is 0 Å². The number of hydrogen-bond acceptors (Lipinski definition) is 3. The first-order chi connectivity index (χ1) is 8.43. The van der Waals surface area contributed by atoms with Crippen LogP contribution in [0.15, 0.2) is 29.2 Å². The van der Waals surface area contributed by atoms with Crippen LogP contribution in [0.1, 0.15) is 19.4 Å². The molecule has 0 spiro atoms. The molecule has 1 N–H and O–H groups in total. The third-order valence-corrected chi connectivity index (χ3v) is 5.60. The largest absolute Gasteiger partial charge is 0.311 e. The Labute approximate surface area is 109 Å². The first-order valence-corrected chi connectivity index (χ1v) is 7.69. The summed E-state index contributed by atoms with van der Waals surface area (Å²) in [5.41, 5.74) is 1.07. The van der Waals surface area contributed by atoms with Crippen molar-refractivity contribution in [3.8, 4) is 0 Å². The Balaban J connectivity index is 2.33. The minimum absolute atomic E-state index is 0.0231. The predicted molar refractivity (Wildman–Crippen MR) is 72.0 cm³/mol. The van der Waals surface area contributed by atoms with Gasteiger partial charge in [-0.05, 0) is 32.9 Å². The van der Waals surface area contributed by atoms with Gasteiger partial charge in [-0.2, -0.15) is 4.31 Å². The van der Waals surface area contributed by atoms with E-state index in [1.165, 1.54) is 0 Å². The number of hydrogen-bond donors (Lipinski definition) is 1. The fourth-order valence-corrected chi connectivity index (χ4v) is 3.91. The second-order valence-corrected chi connectivity index (χ2v) is 6.80. The smallest absolute Gasteiger partial charge is 0.243 e. The van der Waals surface area contributed by atoms with Crippen molar-refractivity contribution >= 4 is 10.0 Å². The van der Waals surface area contributed by atoms with Gasteiger partial charge in [0.05, 0.1) is 4.90 Å². The first kappa shape index (κ1) is 13.5. The van der Waals surface area contributed by atoms with Gasteiger partial charge in [-0.1, -0.05) is 17.7 Å². The highest BCUT2D eigenvalue weighted by atomic mass is 32.2. The van der Waals surface area contributed by atoms with E-state index in [1.807, 2.05) is 32.9 Å². The fraction of sp³-hybridized carbons (Fsp3) is 0.538. The molecule has 2 unspecified atom stereocenters. The number of nitrogens with one attached hydrogen (secondary N) is 1. The highest BCUT2D eigenvalue weighted by Crippen LogP contribution is 2.21. The van der Waals surface area contributed by atoms with Crippen molar-refractivity contribution in [1.82, 2.24) is 9.62 Å². The quantitative estimate of drug-likeness (QED) is 0.881. The van der Waals surface area contributed by atoms with E-state index in [1.54, 1.807) is 16.4 Å². The van der Waals surface area contributed by atoms with Crippen LogP contribution < -0.4 is 5.32 Å². The topological polar surface area (TPSA) is 49.4 Å². The minimum atomic E-state index is -3.37. The molecular formula is C13H20N2O2S. The zero-order chi connectivity index (χ0) is 13.3. The summed E-state index contributed by atoms with van der Waals surface area (Å²) in [6.07, 6.45) is 0. The molecule has 1 aliphatic rings. The zero-order valence-electron chi connectivity index (χ0n) is 11.1. The van der Waals surface area contributed by atoms with Crippen molar-refractivity contribution in [3.05, 3.63) is 29.8 Å². The molecule has 100 valence electrons. The molecule has 2 rings (SSSR count). The lowest BCUT2D eigenvalue weighted by Gasteiger charge is -2.37. The molecule has 1 saturated heterocycles. The minimum Gasteiger partial charge on any atom is -0.311 e. The second kappa shape index (κ2) is 4.99. The summed E-state index contributed by atoms with van der Waals surface area (Å²) in [7, 11) is -3.37. The van der Waals surface area contributed by atoms with Crippen molar-refractivity contribution in [1.29, 1.82) is 0 Å². The van der Waals surface area contributed by atoms with E-state index >= 15 is 0 Å². The van der Waals surface area contributed by atoms with Gasteiger partial charge in [0.1, 0.15) is 0 Å². The van der Waals surface area contributed by atoms with Crippen LogP contribution in [0, 0.1) is 6.92 Å². The maximum absolute atomic E-state index is 12.6. The van der Waals surface area contributed by atoms with E-state index < -0.39 is 10.0 Å². The van der Waals surface area contributed by atoms with Gasteiger partial charge in [0.25, 0.3) is 0 Å². The predicted octanol–water partition coefficient (Wildman–Crippen LogP) is 1.37. The number of piperazine rings is 1. The van der Waals surface area contributed by atoms with Crippen molar-refractivity contribution in [2.45, 2.75) is 37.8 Å². The highest BCUT2D eigenvalue weighted by molar-refractivity contribution is 7.89. The monoisotopic (exact) mass is 268 g/mol. The Kier molecular flexibility index (Phi) is 3.75. The Morgan fingerprint density at radius 2 is 1.83 bits per heavy atom. The summed E-state index contributed by atoms with van der Waals surface area (Å²) < 4.78 is 26.7. The zero-order valence-corrected chi connectivity index (χ0v) is 11.9. The fourth-order valence-electron chi connectivity index (χ4n) is 2.21. The number of benzene rings is 1. The lowest BCUT2D eigenvalue weighted by molar-refractivity contribution is 0.233. The normalized spacial score (nSPS) is 26.2. The molecular weight excluding hydrogens is 248 g/mol. The molecule has 2 atom stereocenters. The lowest BCUT2D eigenvalue weighted by Crippen LogP contribution is -2.57. The van der Waals surface area contributed by atoms with Crippen LogP contribution in [-0.4, -0.2) is 37.9 Å². The van der Waals surface area contributed by atoms with E-state index in [9.17, 15) is 8.42 Å². The van der Waals surface area contributed by atoms with Gasteiger partial charge in [-0.15, -0.1) is 0 Å². The summed E-state index contributed by atoms with van der Waals surface area (Å²) in [6, 6.07) is 7.20. The van der Waals surface area contributed by atoms with E-state index in [0.717, 1.165) is 5.56 Å². The number of nitrogens with zero attached hydrogens (tertiary/aromatic N) is 1. The van der Waals surface area contributed by atoms with Crippen LogP contribution in [-0.2, 0) is 10.0 Å². The SMILES string of the molecule is Cc1ccc(S(=O)(=O)N2CCNC(C)C2C)cc1. The molecule has 0 radical (unpaired) electrons. The first-order valence-electron chi connectivity index (χ1n) is 6.25. The molecule has 4 nitrogen and oxygen atoms in total. The molecule has 1 fully saturated rings. The van der Waals surface area contributed by atoms with Gasteiger partial charge in [-0.3, -0.25) is 0 Å². The molecule has 1 heterocycles. The molecule has 18 heavy (non-hydrogen) atoms. The van der Waals surface area contributed by atoms with Crippen LogP contribution in [0.4, 0.5) is 0 Å². The number of aryl methyl sites for hydroxylation is 1. The molecule has 0 saturated carbocycles. The van der Waals surface area contributed by atoms with E-state index in [0.29, 0.717) is 18.0 Å². The van der Waals surface area contributed by atoms with Crippen LogP contribution in [0.5, 0.6) is 0 Å². The van der Waals surface area contributed by atoms with Crippen LogP contribution >= 0.6 is 0 Å². The van der Waals surface area contributed by atoms with Crippen molar-refractivity contribution < 1.29 is 8.42 Å². The van der Waals surface area contributed by atoms with Gasteiger partial charge < -0.3 is 5.32 Å². The maximum Gasteiger partial charge on any atom is 0.243 e. The van der Waals surface area contributed by atoms with Crippen molar-refractivity contribution in [2.24, 2.45) is 0 Å². The Bertz CT molecular complexity index is 510. The Morgan fingerprint density at radius 1 is 1.22 bits per heavy atom. The lowest BCUT2D eigenvalue weighted by atomic mass is 10.1. The van der Waals surface area contributed by atoms with Gasteiger partial charge >= 0.3 is 0 Å². The van der Waals surface area contributed by atoms with E-state index in [2.05, 4.69) is 5.32 Å². The molecule has 5 heteroatoms. The number of rotatable bonds is 2. The number of sulfonamides is 1. The Hall–Kier alpha value is -0.910. The third kappa shape index (κ3) is 2.43. The summed E-state index contributed by atoms with van der Waals surface area (Å²) in [5.74, 6) is 0. The Morgan fingerprint density at radius 3 is 2.44 bits per heavy atom. The average Bonchev–Trinajstić information content (AvgIpc) is 2.33. The van der Waals surface area contributed by atoms with Gasteiger partial charge in [0.2, 0.25) is 10.0 Å².